The summed E-state index contributed by atoms with van der Waals surface area (Å²) in [6, 6.07) is 0. The molecule has 0 spiro atoms. The maximum absolute atomic E-state index is 12.1. The Morgan fingerprint density at radius 3 is 2.50 bits per heavy atom. The van der Waals surface area contributed by atoms with Crippen molar-refractivity contribution in [2.24, 2.45) is 0 Å². The summed E-state index contributed by atoms with van der Waals surface area (Å²) in [4.78, 5) is 0. The third-order valence-electron chi connectivity index (χ3n) is 1.89. The molecule has 0 amide bonds. The molecule has 0 saturated carbocycles. The second kappa shape index (κ2) is 6.30. The van der Waals surface area contributed by atoms with E-state index in [0.717, 1.165) is 0 Å². The van der Waals surface area contributed by atoms with Gasteiger partial charge < -0.3 is 14.2 Å². The Labute approximate surface area is 89.2 Å². The minimum atomic E-state index is -1.99. The molecular formula is C7H12F4N2O3. The van der Waals surface area contributed by atoms with Gasteiger partial charge in [-0.05, 0) is 6.92 Å². The molecule has 3 atom stereocenters. The zero-order chi connectivity index (χ0) is 12.1. The first-order valence-electron chi connectivity index (χ1n) is 4.57. The number of nitrogens with zero attached hydrogens (tertiary/aromatic N) is 2. The maximum atomic E-state index is 12.1. The Morgan fingerprint density at radius 1 is 1.38 bits per heavy atom. The first-order valence-corrected chi connectivity index (χ1v) is 4.57. The Morgan fingerprint density at radius 2 is 2.06 bits per heavy atom. The molecule has 0 aromatic rings. The van der Waals surface area contributed by atoms with E-state index < -0.39 is 35.9 Å². The Bertz CT molecular complexity index is 210. The summed E-state index contributed by atoms with van der Waals surface area (Å²) in [6.45, 7) is 0.393. The highest BCUT2D eigenvalue weighted by Crippen LogP contribution is 2.13. The van der Waals surface area contributed by atoms with Crippen LogP contribution in [-0.4, -0.2) is 49.1 Å². The fraction of sp³-hybridized carbons (Fsp3) is 1.00. The minimum absolute atomic E-state index is 0.196. The van der Waals surface area contributed by atoms with E-state index in [1.165, 1.54) is 0 Å². The van der Waals surface area contributed by atoms with Gasteiger partial charge in [0.1, 0.15) is 12.6 Å². The molecule has 3 unspecified atom stereocenters. The third-order valence-corrected chi connectivity index (χ3v) is 1.89. The average molecular weight is 248 g/mol. The molecule has 1 aliphatic rings. The van der Waals surface area contributed by atoms with Crippen molar-refractivity contribution in [2.75, 3.05) is 19.8 Å². The third kappa shape index (κ3) is 4.58. The minimum Gasteiger partial charge on any atom is -0.353 e. The van der Waals surface area contributed by atoms with E-state index in [-0.39, 0.29) is 13.2 Å². The molecule has 0 aromatic carbocycles. The smallest absolute Gasteiger partial charge is 0.188 e. The first-order chi connectivity index (χ1) is 7.49. The normalized spacial score (nSPS) is 27.9. The zero-order valence-corrected chi connectivity index (χ0v) is 8.48. The standard InChI is InChI=1S/C7H12F4N2O3/c1-5-14-3-6(16-5)4-15-7(13(10)11)2-12(8)9/h5-7H,2-4H2,1H3. The van der Waals surface area contributed by atoms with Gasteiger partial charge in [0.2, 0.25) is 0 Å². The predicted octanol–water partition coefficient (Wildman–Crippen LogP) is 1.23. The second-order valence-electron chi connectivity index (χ2n) is 3.19. The van der Waals surface area contributed by atoms with E-state index in [1.54, 1.807) is 6.92 Å². The first kappa shape index (κ1) is 13.6. The summed E-state index contributed by atoms with van der Waals surface area (Å²) >= 11 is 0. The molecule has 16 heavy (non-hydrogen) atoms. The van der Waals surface area contributed by atoms with Crippen LogP contribution in [0.15, 0.2) is 0 Å². The van der Waals surface area contributed by atoms with E-state index in [2.05, 4.69) is 4.74 Å². The highest BCUT2D eigenvalue weighted by Gasteiger charge is 2.28. The van der Waals surface area contributed by atoms with E-state index in [9.17, 15) is 17.9 Å². The van der Waals surface area contributed by atoms with E-state index >= 15 is 0 Å². The summed E-state index contributed by atoms with van der Waals surface area (Å²) in [5.74, 6) is 0. The van der Waals surface area contributed by atoms with Gasteiger partial charge >= 0.3 is 0 Å². The van der Waals surface area contributed by atoms with E-state index in [4.69, 9.17) is 9.47 Å². The largest absolute Gasteiger partial charge is 0.353 e. The van der Waals surface area contributed by atoms with Crippen LogP contribution in [0.5, 0.6) is 0 Å². The van der Waals surface area contributed by atoms with Crippen LogP contribution in [0.1, 0.15) is 6.92 Å². The lowest BCUT2D eigenvalue weighted by Gasteiger charge is -2.18. The Balaban J connectivity index is 2.26. The van der Waals surface area contributed by atoms with E-state index in [1.807, 2.05) is 0 Å². The van der Waals surface area contributed by atoms with Gasteiger partial charge in [-0.2, -0.15) is 0 Å². The average Bonchev–Trinajstić information content (AvgIpc) is 2.58. The van der Waals surface area contributed by atoms with Crippen LogP contribution in [0.3, 0.4) is 0 Å². The maximum Gasteiger partial charge on any atom is 0.188 e. The van der Waals surface area contributed by atoms with Gasteiger partial charge in [-0.1, -0.05) is 8.96 Å². The molecule has 1 heterocycles. The molecule has 0 aromatic heterocycles. The quantitative estimate of drug-likeness (QED) is 0.401. The lowest BCUT2D eigenvalue weighted by atomic mass is 10.4. The molecule has 1 rings (SSSR count). The van der Waals surface area contributed by atoms with Crippen LogP contribution in [0.4, 0.5) is 17.9 Å². The number of rotatable bonds is 6. The van der Waals surface area contributed by atoms with Crippen LogP contribution in [0.25, 0.3) is 0 Å². The number of hydrogen-bond donors (Lipinski definition) is 0. The van der Waals surface area contributed by atoms with Crippen molar-refractivity contribution < 1.29 is 32.1 Å². The Hall–Kier alpha value is -0.480. The van der Waals surface area contributed by atoms with Crippen molar-refractivity contribution in [3.05, 3.63) is 0 Å². The van der Waals surface area contributed by atoms with Crippen LogP contribution in [-0.2, 0) is 14.2 Å². The predicted molar refractivity (Wildman–Crippen MR) is 43.0 cm³/mol. The zero-order valence-electron chi connectivity index (χ0n) is 8.48. The van der Waals surface area contributed by atoms with Crippen molar-refractivity contribution in [2.45, 2.75) is 25.5 Å². The van der Waals surface area contributed by atoms with Gasteiger partial charge in [0, 0.05) is 5.34 Å². The van der Waals surface area contributed by atoms with Crippen LogP contribution >= 0.6 is 0 Å². The van der Waals surface area contributed by atoms with Crippen LogP contribution in [0.2, 0.25) is 0 Å². The SMILES string of the molecule is CC1OCC(COC(CN(F)F)N(F)F)O1. The van der Waals surface area contributed by atoms with E-state index in [0.29, 0.717) is 0 Å². The highest BCUT2D eigenvalue weighted by atomic mass is 19.4. The van der Waals surface area contributed by atoms with Gasteiger partial charge in [-0.3, -0.25) is 0 Å². The molecule has 96 valence electrons. The molecular weight excluding hydrogens is 236 g/mol. The molecule has 1 aliphatic heterocycles. The van der Waals surface area contributed by atoms with Crippen molar-refractivity contribution in [1.29, 1.82) is 0 Å². The van der Waals surface area contributed by atoms with Crippen molar-refractivity contribution in [1.82, 2.24) is 10.7 Å². The number of halogens is 4. The summed E-state index contributed by atoms with van der Waals surface area (Å²) in [5.41, 5.74) is 0. The molecule has 0 N–H and O–H groups in total. The lowest BCUT2D eigenvalue weighted by Crippen LogP contribution is -2.36. The van der Waals surface area contributed by atoms with Crippen molar-refractivity contribution >= 4 is 0 Å². The molecule has 9 heteroatoms. The summed E-state index contributed by atoms with van der Waals surface area (Å²) in [7, 11) is 0. The molecule has 0 bridgehead atoms. The van der Waals surface area contributed by atoms with Crippen molar-refractivity contribution in [3.8, 4) is 0 Å². The fourth-order valence-corrected chi connectivity index (χ4v) is 1.19. The summed E-state index contributed by atoms with van der Waals surface area (Å²) in [5, 5.41) is -2.78. The second-order valence-corrected chi connectivity index (χ2v) is 3.19. The molecule has 1 fully saturated rings. The number of hydrogen-bond acceptors (Lipinski definition) is 5. The Kier molecular flexibility index (Phi) is 5.35. The van der Waals surface area contributed by atoms with Gasteiger partial charge in [0.15, 0.2) is 12.5 Å². The van der Waals surface area contributed by atoms with Gasteiger partial charge in [-0.15, -0.1) is 8.96 Å². The fourth-order valence-electron chi connectivity index (χ4n) is 1.19. The number of ether oxygens (including phenoxy) is 3. The molecule has 0 aliphatic carbocycles. The molecule has 1 saturated heterocycles. The van der Waals surface area contributed by atoms with Crippen LogP contribution in [0, 0.1) is 0 Å². The molecule has 0 radical (unpaired) electrons. The topological polar surface area (TPSA) is 34.2 Å². The highest BCUT2D eigenvalue weighted by molar-refractivity contribution is 4.63. The summed E-state index contributed by atoms with van der Waals surface area (Å²) in [6.07, 6.45) is -2.93. The van der Waals surface area contributed by atoms with Crippen LogP contribution < -0.4 is 0 Å². The van der Waals surface area contributed by atoms with Crippen molar-refractivity contribution in [3.63, 3.8) is 0 Å². The monoisotopic (exact) mass is 248 g/mol. The van der Waals surface area contributed by atoms with Gasteiger partial charge in [-0.25, -0.2) is 0 Å². The lowest BCUT2D eigenvalue weighted by molar-refractivity contribution is -0.297. The van der Waals surface area contributed by atoms with Gasteiger partial charge in [0.25, 0.3) is 0 Å². The van der Waals surface area contributed by atoms with Gasteiger partial charge in [0.05, 0.1) is 18.6 Å². The summed E-state index contributed by atoms with van der Waals surface area (Å²) < 4.78 is 62.3. The molecule has 5 nitrogen and oxygen atoms in total.